The summed E-state index contributed by atoms with van der Waals surface area (Å²) in [6.07, 6.45) is -3.69. The van der Waals surface area contributed by atoms with Crippen LogP contribution in [0.1, 0.15) is 41.5 Å². The molecule has 2 nitrogen and oxygen atoms in total. The topological polar surface area (TPSA) is 32.3 Å². The minimum absolute atomic E-state index is 0.0117. The highest BCUT2D eigenvalue weighted by Gasteiger charge is 2.44. The lowest BCUT2D eigenvalue weighted by Crippen LogP contribution is -2.29. The van der Waals surface area contributed by atoms with E-state index in [-0.39, 0.29) is 17.9 Å². The molecule has 2 aliphatic rings. The first kappa shape index (κ1) is 15.5. The Morgan fingerprint density at radius 3 is 2.46 bits per heavy atom. The molecule has 5 heteroatoms. The van der Waals surface area contributed by atoms with Crippen LogP contribution < -0.4 is 5.32 Å². The number of anilines is 1. The maximum atomic E-state index is 13.1. The second-order valence-corrected chi connectivity index (χ2v) is 6.73. The Morgan fingerprint density at radius 2 is 1.75 bits per heavy atom. The summed E-state index contributed by atoms with van der Waals surface area (Å²) >= 11 is 0. The lowest BCUT2D eigenvalue weighted by Gasteiger charge is -2.37. The van der Waals surface area contributed by atoms with Gasteiger partial charge >= 0.3 is 6.18 Å². The standard InChI is InChI=1S/C19H18F3NO/c20-19(21,22)12-6-7-17-15(8-12)14-9-13(24)10-16(14)18(23-17)11-4-2-1-3-5-11/h1-8,13-14,16,18,23-24H,9-10H2/t13-,14+,16+,18+/m0/s1. The number of benzene rings is 2. The van der Waals surface area contributed by atoms with Crippen molar-refractivity contribution in [3.05, 3.63) is 65.2 Å². The van der Waals surface area contributed by atoms with Gasteiger partial charge in [0, 0.05) is 5.69 Å². The van der Waals surface area contributed by atoms with Crippen molar-refractivity contribution < 1.29 is 18.3 Å². The summed E-state index contributed by atoms with van der Waals surface area (Å²) in [5, 5.41) is 13.5. The number of aliphatic hydroxyl groups is 1. The molecule has 0 saturated heterocycles. The summed E-state index contributed by atoms with van der Waals surface area (Å²) in [6.45, 7) is 0. The van der Waals surface area contributed by atoms with E-state index in [2.05, 4.69) is 5.32 Å². The van der Waals surface area contributed by atoms with Crippen LogP contribution in [0.3, 0.4) is 0 Å². The Morgan fingerprint density at radius 1 is 1.00 bits per heavy atom. The van der Waals surface area contributed by atoms with Crippen LogP contribution in [0.2, 0.25) is 0 Å². The van der Waals surface area contributed by atoms with Gasteiger partial charge in [-0.25, -0.2) is 0 Å². The minimum Gasteiger partial charge on any atom is -0.393 e. The highest BCUT2D eigenvalue weighted by molar-refractivity contribution is 5.59. The van der Waals surface area contributed by atoms with E-state index in [1.54, 1.807) is 0 Å². The van der Waals surface area contributed by atoms with E-state index < -0.39 is 17.8 Å². The van der Waals surface area contributed by atoms with Crippen LogP contribution in [0.5, 0.6) is 0 Å². The lowest BCUT2D eigenvalue weighted by molar-refractivity contribution is -0.137. The molecular formula is C19H18F3NO. The molecule has 0 unspecified atom stereocenters. The smallest absolute Gasteiger partial charge is 0.393 e. The summed E-state index contributed by atoms with van der Waals surface area (Å²) in [5.74, 6) is 0.0436. The van der Waals surface area contributed by atoms with Crippen molar-refractivity contribution in [3.63, 3.8) is 0 Å². The molecule has 1 saturated carbocycles. The summed E-state index contributed by atoms with van der Waals surface area (Å²) in [7, 11) is 0. The van der Waals surface area contributed by atoms with Crippen molar-refractivity contribution in [1.29, 1.82) is 0 Å². The third kappa shape index (κ3) is 2.57. The molecule has 0 amide bonds. The number of alkyl halides is 3. The number of hydrogen-bond donors (Lipinski definition) is 2. The third-order valence-corrected chi connectivity index (χ3v) is 5.26. The van der Waals surface area contributed by atoms with Gasteiger partial charge in [0.1, 0.15) is 0 Å². The molecule has 2 aromatic carbocycles. The van der Waals surface area contributed by atoms with Crippen molar-refractivity contribution >= 4 is 5.69 Å². The van der Waals surface area contributed by atoms with Crippen molar-refractivity contribution in [2.45, 2.75) is 37.1 Å². The zero-order chi connectivity index (χ0) is 16.9. The van der Waals surface area contributed by atoms with E-state index in [4.69, 9.17) is 0 Å². The lowest BCUT2D eigenvalue weighted by atomic mass is 9.77. The predicted molar refractivity (Wildman–Crippen MR) is 85.7 cm³/mol. The monoisotopic (exact) mass is 333 g/mol. The van der Waals surface area contributed by atoms with Crippen LogP contribution in [-0.2, 0) is 6.18 Å². The quantitative estimate of drug-likeness (QED) is 0.791. The number of nitrogens with one attached hydrogen (secondary N) is 1. The van der Waals surface area contributed by atoms with Gasteiger partial charge in [-0.1, -0.05) is 30.3 Å². The predicted octanol–water partition coefficient (Wildman–Crippen LogP) is 4.73. The number of aliphatic hydroxyl groups excluding tert-OH is 1. The van der Waals surface area contributed by atoms with Gasteiger partial charge in [-0.3, -0.25) is 0 Å². The Hall–Kier alpha value is -2.01. The molecule has 4 atom stereocenters. The van der Waals surface area contributed by atoms with Crippen LogP contribution >= 0.6 is 0 Å². The van der Waals surface area contributed by atoms with Gasteiger partial charge in [0.05, 0.1) is 17.7 Å². The molecule has 0 aromatic heterocycles. The van der Waals surface area contributed by atoms with Gasteiger partial charge in [-0.15, -0.1) is 0 Å². The molecule has 1 heterocycles. The average Bonchev–Trinajstić information content (AvgIpc) is 2.95. The Kier molecular flexibility index (Phi) is 3.57. The molecular weight excluding hydrogens is 315 g/mol. The fraction of sp³-hybridized carbons (Fsp3) is 0.368. The van der Waals surface area contributed by atoms with E-state index in [0.29, 0.717) is 18.4 Å². The van der Waals surface area contributed by atoms with Gasteiger partial charge in [-0.05, 0) is 54.0 Å². The SMILES string of the molecule is O[C@@H]1C[C@@H]2[C@H](C1)c1cc(C(F)(F)F)ccc1N[C@@H]2c1ccccc1. The second kappa shape index (κ2) is 5.52. The molecule has 1 aliphatic heterocycles. The van der Waals surface area contributed by atoms with E-state index in [9.17, 15) is 18.3 Å². The highest BCUT2D eigenvalue weighted by Crippen LogP contribution is 2.53. The number of rotatable bonds is 1. The number of hydrogen-bond acceptors (Lipinski definition) is 2. The average molecular weight is 333 g/mol. The first-order chi connectivity index (χ1) is 11.4. The molecule has 0 bridgehead atoms. The summed E-state index contributed by atoms with van der Waals surface area (Å²) in [5.41, 5.74) is 1.90. The van der Waals surface area contributed by atoms with Gasteiger partial charge in [0.15, 0.2) is 0 Å². The second-order valence-electron chi connectivity index (χ2n) is 6.73. The summed E-state index contributed by atoms with van der Waals surface area (Å²) in [6, 6.07) is 13.8. The number of halogens is 3. The van der Waals surface area contributed by atoms with Gasteiger partial charge in [-0.2, -0.15) is 13.2 Å². The molecule has 0 spiro atoms. The van der Waals surface area contributed by atoms with Gasteiger partial charge < -0.3 is 10.4 Å². The van der Waals surface area contributed by atoms with Crippen LogP contribution in [-0.4, -0.2) is 11.2 Å². The fourth-order valence-corrected chi connectivity index (χ4v) is 4.21. The largest absolute Gasteiger partial charge is 0.416 e. The van der Waals surface area contributed by atoms with Crippen molar-refractivity contribution in [3.8, 4) is 0 Å². The summed E-state index contributed by atoms with van der Waals surface area (Å²) in [4.78, 5) is 0. The molecule has 0 radical (unpaired) electrons. The maximum Gasteiger partial charge on any atom is 0.416 e. The normalized spacial score (nSPS) is 28.8. The molecule has 24 heavy (non-hydrogen) atoms. The van der Waals surface area contributed by atoms with Crippen molar-refractivity contribution in [1.82, 2.24) is 0 Å². The highest BCUT2D eigenvalue weighted by atomic mass is 19.4. The van der Waals surface area contributed by atoms with Gasteiger partial charge in [0.2, 0.25) is 0 Å². The number of fused-ring (bicyclic) bond motifs is 3. The van der Waals surface area contributed by atoms with E-state index >= 15 is 0 Å². The van der Waals surface area contributed by atoms with Crippen molar-refractivity contribution in [2.75, 3.05) is 5.32 Å². The Labute approximate surface area is 138 Å². The maximum absolute atomic E-state index is 13.1. The molecule has 126 valence electrons. The third-order valence-electron chi connectivity index (χ3n) is 5.26. The molecule has 4 rings (SSSR count). The Bertz CT molecular complexity index is 744. The van der Waals surface area contributed by atoms with E-state index in [1.165, 1.54) is 12.1 Å². The van der Waals surface area contributed by atoms with Crippen LogP contribution in [0.4, 0.5) is 18.9 Å². The summed E-state index contributed by atoms with van der Waals surface area (Å²) < 4.78 is 39.2. The fourth-order valence-electron chi connectivity index (χ4n) is 4.21. The first-order valence-corrected chi connectivity index (χ1v) is 8.14. The molecule has 1 aliphatic carbocycles. The molecule has 1 fully saturated rings. The van der Waals surface area contributed by atoms with E-state index in [0.717, 1.165) is 17.3 Å². The minimum atomic E-state index is -4.35. The Balaban J connectivity index is 1.78. The molecule has 2 N–H and O–H groups in total. The van der Waals surface area contributed by atoms with Crippen LogP contribution in [0.25, 0.3) is 0 Å². The van der Waals surface area contributed by atoms with Gasteiger partial charge in [0.25, 0.3) is 0 Å². The molecule has 2 aromatic rings. The van der Waals surface area contributed by atoms with Crippen molar-refractivity contribution in [2.24, 2.45) is 5.92 Å². The van der Waals surface area contributed by atoms with Crippen LogP contribution in [0.15, 0.2) is 48.5 Å². The zero-order valence-corrected chi connectivity index (χ0v) is 12.9. The van der Waals surface area contributed by atoms with Crippen LogP contribution in [0, 0.1) is 5.92 Å². The first-order valence-electron chi connectivity index (χ1n) is 8.14. The van der Waals surface area contributed by atoms with E-state index in [1.807, 2.05) is 30.3 Å². The zero-order valence-electron chi connectivity index (χ0n) is 12.9.